The van der Waals surface area contributed by atoms with Gasteiger partial charge in [-0.2, -0.15) is 0 Å². The van der Waals surface area contributed by atoms with Crippen molar-refractivity contribution < 1.29 is 9.90 Å². The molecule has 20 heavy (non-hydrogen) atoms. The SMILES string of the molecule is CNC(=O)c1ccc(CNc2ccc(O)c(C)c2)cc1. The van der Waals surface area contributed by atoms with Gasteiger partial charge in [-0.15, -0.1) is 0 Å². The molecule has 104 valence electrons. The minimum Gasteiger partial charge on any atom is -0.508 e. The standard InChI is InChI=1S/C16H18N2O2/c1-11-9-14(7-8-15(11)19)18-10-12-3-5-13(6-4-12)16(20)17-2/h3-9,18-19H,10H2,1-2H3,(H,17,20). The van der Waals surface area contributed by atoms with E-state index in [1.54, 1.807) is 25.2 Å². The summed E-state index contributed by atoms with van der Waals surface area (Å²) in [7, 11) is 1.62. The molecular weight excluding hydrogens is 252 g/mol. The fourth-order valence-electron chi connectivity index (χ4n) is 1.89. The number of hydrogen-bond donors (Lipinski definition) is 3. The molecule has 0 saturated heterocycles. The van der Waals surface area contributed by atoms with Crippen LogP contribution in [0.4, 0.5) is 5.69 Å². The number of carbonyl (C=O) groups excluding carboxylic acids is 1. The molecule has 1 amide bonds. The van der Waals surface area contributed by atoms with E-state index in [4.69, 9.17) is 0 Å². The first-order chi connectivity index (χ1) is 9.60. The lowest BCUT2D eigenvalue weighted by Crippen LogP contribution is -2.17. The molecule has 0 heterocycles. The van der Waals surface area contributed by atoms with Gasteiger partial charge in [-0.05, 0) is 48.4 Å². The van der Waals surface area contributed by atoms with Crippen LogP contribution in [0.15, 0.2) is 42.5 Å². The first-order valence-electron chi connectivity index (χ1n) is 6.44. The van der Waals surface area contributed by atoms with Crippen molar-refractivity contribution in [1.82, 2.24) is 5.32 Å². The van der Waals surface area contributed by atoms with E-state index < -0.39 is 0 Å². The molecule has 0 aliphatic rings. The van der Waals surface area contributed by atoms with Gasteiger partial charge in [0.2, 0.25) is 0 Å². The van der Waals surface area contributed by atoms with Crippen molar-refractivity contribution >= 4 is 11.6 Å². The van der Waals surface area contributed by atoms with Crippen LogP contribution in [0.3, 0.4) is 0 Å². The number of nitrogens with one attached hydrogen (secondary N) is 2. The number of phenolic OH excluding ortho intramolecular Hbond substituents is 1. The van der Waals surface area contributed by atoms with E-state index in [1.165, 1.54) is 0 Å². The maximum Gasteiger partial charge on any atom is 0.251 e. The smallest absolute Gasteiger partial charge is 0.251 e. The van der Waals surface area contributed by atoms with Crippen molar-refractivity contribution in [3.05, 3.63) is 59.2 Å². The lowest BCUT2D eigenvalue weighted by atomic mass is 10.1. The molecule has 0 bridgehead atoms. The van der Waals surface area contributed by atoms with Gasteiger partial charge < -0.3 is 15.7 Å². The number of hydrogen-bond acceptors (Lipinski definition) is 3. The maximum atomic E-state index is 11.4. The van der Waals surface area contributed by atoms with Gasteiger partial charge in [0.15, 0.2) is 0 Å². The van der Waals surface area contributed by atoms with E-state index in [2.05, 4.69) is 10.6 Å². The van der Waals surface area contributed by atoms with Crippen LogP contribution in [0.25, 0.3) is 0 Å². The van der Waals surface area contributed by atoms with Gasteiger partial charge in [0.1, 0.15) is 5.75 Å². The van der Waals surface area contributed by atoms with E-state index in [0.29, 0.717) is 17.9 Å². The monoisotopic (exact) mass is 270 g/mol. The highest BCUT2D eigenvalue weighted by molar-refractivity contribution is 5.93. The summed E-state index contributed by atoms with van der Waals surface area (Å²) < 4.78 is 0. The zero-order valence-corrected chi connectivity index (χ0v) is 11.6. The Labute approximate surface area is 118 Å². The fourth-order valence-corrected chi connectivity index (χ4v) is 1.89. The normalized spacial score (nSPS) is 10.1. The average molecular weight is 270 g/mol. The minimum atomic E-state index is -0.0846. The molecular formula is C16H18N2O2. The fraction of sp³-hybridized carbons (Fsp3) is 0.188. The first-order valence-corrected chi connectivity index (χ1v) is 6.44. The summed E-state index contributed by atoms with van der Waals surface area (Å²) in [6, 6.07) is 12.9. The molecule has 2 aromatic rings. The molecule has 0 saturated carbocycles. The number of benzene rings is 2. The Balaban J connectivity index is 2.00. The summed E-state index contributed by atoms with van der Waals surface area (Å²) >= 11 is 0. The topological polar surface area (TPSA) is 61.4 Å². The summed E-state index contributed by atoms with van der Waals surface area (Å²) in [6.07, 6.45) is 0. The predicted octanol–water partition coefficient (Wildman–Crippen LogP) is 2.67. The molecule has 0 aliphatic heterocycles. The van der Waals surface area contributed by atoms with Crippen molar-refractivity contribution in [2.24, 2.45) is 0 Å². The van der Waals surface area contributed by atoms with Crippen LogP contribution in [0, 0.1) is 6.92 Å². The lowest BCUT2D eigenvalue weighted by molar-refractivity contribution is 0.0963. The largest absolute Gasteiger partial charge is 0.508 e. The highest BCUT2D eigenvalue weighted by atomic mass is 16.3. The van der Waals surface area contributed by atoms with Crippen LogP contribution < -0.4 is 10.6 Å². The van der Waals surface area contributed by atoms with Crippen molar-refractivity contribution in [2.75, 3.05) is 12.4 Å². The molecule has 3 N–H and O–H groups in total. The second-order valence-electron chi connectivity index (χ2n) is 4.63. The highest BCUT2D eigenvalue weighted by Gasteiger charge is 2.02. The number of amides is 1. The van der Waals surface area contributed by atoms with Crippen LogP contribution in [0.5, 0.6) is 5.75 Å². The van der Waals surface area contributed by atoms with Gasteiger partial charge in [0.25, 0.3) is 5.91 Å². The Kier molecular flexibility index (Phi) is 4.25. The molecule has 4 heteroatoms. The Hall–Kier alpha value is -2.49. The zero-order chi connectivity index (χ0) is 14.5. The summed E-state index contributed by atoms with van der Waals surface area (Å²) in [5, 5.41) is 15.3. The van der Waals surface area contributed by atoms with Gasteiger partial charge in [-0.25, -0.2) is 0 Å². The van der Waals surface area contributed by atoms with E-state index in [1.807, 2.05) is 31.2 Å². The summed E-state index contributed by atoms with van der Waals surface area (Å²) in [6.45, 7) is 2.52. The van der Waals surface area contributed by atoms with Crippen molar-refractivity contribution in [3.63, 3.8) is 0 Å². The number of aromatic hydroxyl groups is 1. The first kappa shape index (κ1) is 13.9. The number of carbonyl (C=O) groups is 1. The third-order valence-corrected chi connectivity index (χ3v) is 3.14. The second kappa shape index (κ2) is 6.10. The molecule has 2 aromatic carbocycles. The highest BCUT2D eigenvalue weighted by Crippen LogP contribution is 2.20. The van der Waals surface area contributed by atoms with Crippen LogP contribution in [0.1, 0.15) is 21.5 Å². The third kappa shape index (κ3) is 3.29. The van der Waals surface area contributed by atoms with Gasteiger partial charge >= 0.3 is 0 Å². The van der Waals surface area contributed by atoms with E-state index in [-0.39, 0.29) is 5.91 Å². The molecule has 0 radical (unpaired) electrons. The molecule has 0 unspecified atom stereocenters. The minimum absolute atomic E-state index is 0.0846. The van der Waals surface area contributed by atoms with Crippen LogP contribution >= 0.6 is 0 Å². The van der Waals surface area contributed by atoms with E-state index >= 15 is 0 Å². The average Bonchev–Trinajstić information content (AvgIpc) is 2.48. The summed E-state index contributed by atoms with van der Waals surface area (Å²) in [5.74, 6) is 0.212. The quantitative estimate of drug-likeness (QED) is 0.748. The van der Waals surface area contributed by atoms with Gasteiger partial charge in [0, 0.05) is 24.8 Å². The van der Waals surface area contributed by atoms with Gasteiger partial charge in [-0.1, -0.05) is 12.1 Å². The van der Waals surface area contributed by atoms with Crippen LogP contribution in [-0.4, -0.2) is 18.1 Å². The Morgan fingerprint density at radius 3 is 2.45 bits per heavy atom. The van der Waals surface area contributed by atoms with Crippen LogP contribution in [0.2, 0.25) is 0 Å². The van der Waals surface area contributed by atoms with Gasteiger partial charge in [0.05, 0.1) is 0 Å². The summed E-state index contributed by atoms with van der Waals surface area (Å²) in [4.78, 5) is 11.4. The van der Waals surface area contributed by atoms with E-state index in [0.717, 1.165) is 16.8 Å². The lowest BCUT2D eigenvalue weighted by Gasteiger charge is -2.09. The van der Waals surface area contributed by atoms with E-state index in [9.17, 15) is 9.90 Å². The Bertz CT molecular complexity index is 606. The predicted molar refractivity (Wildman–Crippen MR) is 80.0 cm³/mol. The molecule has 0 aromatic heterocycles. The van der Waals surface area contributed by atoms with Crippen molar-refractivity contribution in [3.8, 4) is 5.75 Å². The Morgan fingerprint density at radius 1 is 1.15 bits per heavy atom. The molecule has 2 rings (SSSR count). The van der Waals surface area contributed by atoms with Crippen LogP contribution in [-0.2, 0) is 6.54 Å². The summed E-state index contributed by atoms with van der Waals surface area (Å²) in [5.41, 5.74) is 3.53. The molecule has 0 aliphatic carbocycles. The molecule has 4 nitrogen and oxygen atoms in total. The molecule has 0 spiro atoms. The number of aryl methyl sites for hydroxylation is 1. The zero-order valence-electron chi connectivity index (χ0n) is 11.6. The van der Waals surface area contributed by atoms with Crippen molar-refractivity contribution in [2.45, 2.75) is 13.5 Å². The van der Waals surface area contributed by atoms with Crippen molar-refractivity contribution in [1.29, 1.82) is 0 Å². The maximum absolute atomic E-state index is 11.4. The Morgan fingerprint density at radius 2 is 1.85 bits per heavy atom. The number of phenols is 1. The number of anilines is 1. The second-order valence-corrected chi connectivity index (χ2v) is 4.63. The van der Waals surface area contributed by atoms with Gasteiger partial charge in [-0.3, -0.25) is 4.79 Å². The third-order valence-electron chi connectivity index (χ3n) is 3.14. The molecule has 0 atom stereocenters. The molecule has 0 fully saturated rings. The number of rotatable bonds is 4.